The molecule has 0 aliphatic carbocycles. The summed E-state index contributed by atoms with van der Waals surface area (Å²) in [6, 6.07) is 25.8. The molecular weight excluding hydrogens is 500 g/mol. The average molecular weight is 529 g/mol. The van der Waals surface area contributed by atoms with Crippen LogP contribution in [0.15, 0.2) is 84.9 Å². The van der Waals surface area contributed by atoms with Gasteiger partial charge in [-0.1, -0.05) is 48.0 Å². The van der Waals surface area contributed by atoms with Crippen molar-refractivity contribution in [3.05, 3.63) is 112 Å². The number of nitrogens with one attached hydrogen (secondary N) is 1. The summed E-state index contributed by atoms with van der Waals surface area (Å²) >= 11 is 6.67. The predicted molar refractivity (Wildman–Crippen MR) is 151 cm³/mol. The average Bonchev–Trinajstić information content (AvgIpc) is 3.24. The Bertz CT molecular complexity index is 1490. The van der Waals surface area contributed by atoms with Gasteiger partial charge in [0.2, 0.25) is 0 Å². The summed E-state index contributed by atoms with van der Waals surface area (Å²) in [7, 11) is 1.54. The normalized spacial score (nSPS) is 16.1. The minimum absolute atomic E-state index is 0.00785. The first-order chi connectivity index (χ1) is 18.4. The molecule has 1 unspecified atom stereocenters. The highest BCUT2D eigenvalue weighted by atomic mass is 35.5. The maximum absolute atomic E-state index is 13.3. The lowest BCUT2D eigenvalue weighted by Crippen LogP contribution is -2.31. The van der Waals surface area contributed by atoms with E-state index in [1.165, 1.54) is 0 Å². The van der Waals surface area contributed by atoms with E-state index in [0.717, 1.165) is 24.5 Å². The van der Waals surface area contributed by atoms with Gasteiger partial charge in [-0.05, 0) is 50.2 Å². The molecule has 7 heteroatoms. The van der Waals surface area contributed by atoms with E-state index in [-0.39, 0.29) is 5.75 Å². The Morgan fingerprint density at radius 1 is 0.921 bits per heavy atom. The third-order valence-electron chi connectivity index (χ3n) is 6.98. The van der Waals surface area contributed by atoms with Crippen molar-refractivity contribution in [2.24, 2.45) is 0 Å². The quantitative estimate of drug-likeness (QED) is 0.237. The second-order valence-electron chi connectivity index (χ2n) is 9.01. The van der Waals surface area contributed by atoms with Gasteiger partial charge in [-0.25, -0.2) is 4.79 Å². The molecule has 6 nitrogen and oxygen atoms in total. The zero-order valence-corrected chi connectivity index (χ0v) is 22.3. The maximum atomic E-state index is 13.3. The molecule has 0 spiro atoms. The fourth-order valence-electron chi connectivity index (χ4n) is 5.14. The van der Waals surface area contributed by atoms with Gasteiger partial charge >= 0.3 is 5.97 Å². The number of cyclic esters (lactones) is 1. The van der Waals surface area contributed by atoms with E-state index < -0.39 is 11.6 Å². The van der Waals surface area contributed by atoms with Crippen LogP contribution >= 0.6 is 11.6 Å². The van der Waals surface area contributed by atoms with Crippen molar-refractivity contribution >= 4 is 34.6 Å². The summed E-state index contributed by atoms with van der Waals surface area (Å²) in [4.78, 5) is 15.4. The number of anilines is 3. The lowest BCUT2D eigenvalue weighted by molar-refractivity contribution is 0.0239. The SMILES string of the molecule is CCN(CC)c1ccc(C2(c3cc(Nc4ccccc4)c(Cl)cc3OC)OC(=O)c3ccccc32)c(O)c1. The Labute approximate surface area is 227 Å². The number of carbonyl (C=O) groups excluding carboxylic acids is 1. The number of esters is 1. The second-order valence-corrected chi connectivity index (χ2v) is 9.42. The first-order valence-corrected chi connectivity index (χ1v) is 12.9. The number of hydrogen-bond acceptors (Lipinski definition) is 6. The minimum Gasteiger partial charge on any atom is -0.507 e. The number of methoxy groups -OCH3 is 1. The predicted octanol–water partition coefficient (Wildman–Crippen LogP) is 7.11. The summed E-state index contributed by atoms with van der Waals surface area (Å²) in [5.41, 5.74) is 2.85. The molecule has 1 aliphatic heterocycles. The van der Waals surface area contributed by atoms with Gasteiger partial charge in [-0.2, -0.15) is 0 Å². The first-order valence-electron chi connectivity index (χ1n) is 12.5. The molecule has 1 aliphatic rings. The molecule has 4 aromatic carbocycles. The number of fused-ring (bicyclic) bond motifs is 1. The van der Waals surface area contributed by atoms with Crippen LogP contribution in [0.2, 0.25) is 5.02 Å². The van der Waals surface area contributed by atoms with Crippen molar-refractivity contribution in [1.29, 1.82) is 0 Å². The molecule has 38 heavy (non-hydrogen) atoms. The lowest BCUT2D eigenvalue weighted by atomic mass is 9.78. The number of ether oxygens (including phenoxy) is 2. The van der Waals surface area contributed by atoms with Crippen molar-refractivity contribution in [1.82, 2.24) is 0 Å². The van der Waals surface area contributed by atoms with Crippen molar-refractivity contribution in [2.75, 3.05) is 30.4 Å². The second kappa shape index (κ2) is 10.3. The van der Waals surface area contributed by atoms with Crippen LogP contribution in [0.25, 0.3) is 0 Å². The van der Waals surface area contributed by atoms with E-state index in [2.05, 4.69) is 24.1 Å². The summed E-state index contributed by atoms with van der Waals surface area (Å²) in [6.45, 7) is 5.70. The van der Waals surface area contributed by atoms with Gasteiger partial charge in [-0.15, -0.1) is 0 Å². The molecule has 0 fully saturated rings. The number of benzene rings is 4. The third kappa shape index (κ3) is 4.21. The zero-order chi connectivity index (χ0) is 26.9. The fraction of sp³-hybridized carbons (Fsp3) is 0.194. The molecular formula is C31H29ClN2O4. The molecule has 0 radical (unpaired) electrons. The number of para-hydroxylation sites is 1. The Kier molecular flexibility index (Phi) is 6.91. The van der Waals surface area contributed by atoms with Gasteiger partial charge in [0.25, 0.3) is 0 Å². The molecule has 1 heterocycles. The molecule has 0 bridgehead atoms. The Balaban J connectivity index is 1.78. The Hall–Kier alpha value is -4.16. The highest BCUT2D eigenvalue weighted by molar-refractivity contribution is 6.33. The van der Waals surface area contributed by atoms with Crippen LogP contribution in [0.4, 0.5) is 17.1 Å². The van der Waals surface area contributed by atoms with Crippen LogP contribution in [0.1, 0.15) is 40.9 Å². The molecule has 0 amide bonds. The Morgan fingerprint density at radius 2 is 1.63 bits per heavy atom. The van der Waals surface area contributed by atoms with Crippen LogP contribution in [-0.2, 0) is 10.3 Å². The maximum Gasteiger partial charge on any atom is 0.340 e. The zero-order valence-electron chi connectivity index (χ0n) is 21.5. The van der Waals surface area contributed by atoms with Gasteiger partial charge in [0.05, 0.1) is 23.4 Å². The fourth-order valence-corrected chi connectivity index (χ4v) is 5.34. The number of carbonyl (C=O) groups is 1. The van der Waals surface area contributed by atoms with Crippen molar-refractivity contribution in [3.8, 4) is 11.5 Å². The molecule has 4 aromatic rings. The summed E-state index contributed by atoms with van der Waals surface area (Å²) in [5, 5.41) is 15.2. The van der Waals surface area contributed by atoms with Gasteiger partial charge in [-0.3, -0.25) is 0 Å². The summed E-state index contributed by atoms with van der Waals surface area (Å²) in [6.07, 6.45) is 0. The monoisotopic (exact) mass is 528 g/mol. The number of rotatable bonds is 8. The third-order valence-corrected chi connectivity index (χ3v) is 7.30. The number of hydrogen-bond donors (Lipinski definition) is 2. The number of aromatic hydroxyl groups is 1. The van der Waals surface area contributed by atoms with Crippen molar-refractivity contribution < 1.29 is 19.4 Å². The van der Waals surface area contributed by atoms with Crippen LogP contribution in [0, 0.1) is 0 Å². The summed E-state index contributed by atoms with van der Waals surface area (Å²) in [5.74, 6) is -0.0544. The van der Waals surface area contributed by atoms with Gasteiger partial charge in [0, 0.05) is 53.3 Å². The van der Waals surface area contributed by atoms with Crippen LogP contribution < -0.4 is 15.0 Å². The number of halogens is 1. The molecule has 5 rings (SSSR count). The molecule has 0 saturated heterocycles. The van der Waals surface area contributed by atoms with Crippen LogP contribution in [0.3, 0.4) is 0 Å². The highest BCUT2D eigenvalue weighted by Gasteiger charge is 2.51. The smallest absolute Gasteiger partial charge is 0.340 e. The lowest BCUT2D eigenvalue weighted by Gasteiger charge is -2.33. The van der Waals surface area contributed by atoms with E-state index >= 15 is 0 Å². The molecule has 1 atom stereocenters. The van der Waals surface area contributed by atoms with Gasteiger partial charge in [0.1, 0.15) is 11.5 Å². The molecule has 2 N–H and O–H groups in total. The number of phenolic OH excluding ortho intramolecular Hbond substituents is 1. The number of phenols is 1. The highest BCUT2D eigenvalue weighted by Crippen LogP contribution is 2.53. The molecule has 0 saturated carbocycles. The summed E-state index contributed by atoms with van der Waals surface area (Å²) < 4.78 is 12.0. The largest absolute Gasteiger partial charge is 0.507 e. The minimum atomic E-state index is -1.47. The first kappa shape index (κ1) is 25.5. The van der Waals surface area contributed by atoms with Gasteiger partial charge < -0.3 is 24.8 Å². The topological polar surface area (TPSA) is 71.0 Å². The molecule has 194 valence electrons. The van der Waals surface area contributed by atoms with E-state index in [1.807, 2.05) is 60.7 Å². The van der Waals surface area contributed by atoms with Crippen LogP contribution in [0.5, 0.6) is 11.5 Å². The van der Waals surface area contributed by atoms with E-state index in [1.54, 1.807) is 31.4 Å². The van der Waals surface area contributed by atoms with Gasteiger partial charge in [0.15, 0.2) is 5.60 Å². The van der Waals surface area contributed by atoms with Crippen LogP contribution in [-0.4, -0.2) is 31.3 Å². The van der Waals surface area contributed by atoms with E-state index in [9.17, 15) is 9.90 Å². The van der Waals surface area contributed by atoms with Crippen molar-refractivity contribution in [3.63, 3.8) is 0 Å². The van der Waals surface area contributed by atoms with Crippen molar-refractivity contribution in [2.45, 2.75) is 19.4 Å². The van der Waals surface area contributed by atoms with E-state index in [4.69, 9.17) is 21.1 Å². The molecule has 0 aromatic heterocycles. The number of nitrogens with zero attached hydrogens (tertiary/aromatic N) is 1. The Morgan fingerprint density at radius 3 is 2.32 bits per heavy atom. The van der Waals surface area contributed by atoms with E-state index in [0.29, 0.717) is 38.7 Å². The standard InChI is InChI=1S/C31H29ClN2O4/c1-4-34(5-2)21-15-16-24(28(35)17-21)31(23-14-10-9-13-22(23)30(36)38-31)25-18-27(26(32)19-29(25)37-3)33-20-11-7-6-8-12-20/h6-19,33,35H,4-5H2,1-3H3.